The van der Waals surface area contributed by atoms with Gasteiger partial charge in [0.25, 0.3) is 0 Å². The second-order valence-corrected chi connectivity index (χ2v) is 6.46. The maximum atomic E-state index is 5.88. The van der Waals surface area contributed by atoms with E-state index in [1.807, 2.05) is 6.07 Å². The van der Waals surface area contributed by atoms with Crippen molar-refractivity contribution in [2.75, 3.05) is 18.5 Å². The molecule has 1 aliphatic rings. The van der Waals surface area contributed by atoms with Gasteiger partial charge in [-0.25, -0.2) is 4.98 Å². The average molecular weight is 363 g/mol. The van der Waals surface area contributed by atoms with Crippen LogP contribution < -0.4 is 11.1 Å². The summed E-state index contributed by atoms with van der Waals surface area (Å²) in [5, 5.41) is 3.89. The summed E-state index contributed by atoms with van der Waals surface area (Å²) in [6.07, 6.45) is 7.36. The smallest absolute Gasteiger partial charge is 0.140 e. The number of anilines is 1. The van der Waals surface area contributed by atoms with Crippen LogP contribution in [0.2, 0.25) is 5.02 Å². The van der Waals surface area contributed by atoms with Crippen LogP contribution in [0.15, 0.2) is 16.7 Å². The summed E-state index contributed by atoms with van der Waals surface area (Å²) in [4.78, 5) is 4.23. The van der Waals surface area contributed by atoms with Gasteiger partial charge in [-0.05, 0) is 54.1 Å². The van der Waals surface area contributed by atoms with Crippen molar-refractivity contribution in [2.24, 2.45) is 5.73 Å². The summed E-state index contributed by atoms with van der Waals surface area (Å²) >= 11 is 9.28. The third-order valence-electron chi connectivity index (χ3n) is 3.49. The second-order valence-electron chi connectivity index (χ2n) is 5.17. The van der Waals surface area contributed by atoms with Crippen LogP contribution in [0.25, 0.3) is 0 Å². The van der Waals surface area contributed by atoms with E-state index >= 15 is 0 Å². The molecule has 4 nitrogen and oxygen atoms in total. The second kappa shape index (κ2) is 8.17. The van der Waals surface area contributed by atoms with E-state index in [0.717, 1.165) is 55.5 Å². The van der Waals surface area contributed by atoms with Gasteiger partial charge in [0.15, 0.2) is 0 Å². The first kappa shape index (κ1) is 16.0. The van der Waals surface area contributed by atoms with Crippen LogP contribution in [0.3, 0.4) is 0 Å². The van der Waals surface area contributed by atoms with Gasteiger partial charge < -0.3 is 15.8 Å². The zero-order chi connectivity index (χ0) is 14.4. The first-order valence-electron chi connectivity index (χ1n) is 7.07. The Hall–Kier alpha value is -0.360. The van der Waals surface area contributed by atoms with E-state index in [-0.39, 0.29) is 0 Å². The Morgan fingerprint density at radius 3 is 2.85 bits per heavy atom. The van der Waals surface area contributed by atoms with Crippen LogP contribution in [0, 0.1) is 0 Å². The topological polar surface area (TPSA) is 60.2 Å². The fourth-order valence-electron chi connectivity index (χ4n) is 2.33. The predicted molar refractivity (Wildman–Crippen MR) is 86.2 cm³/mol. The van der Waals surface area contributed by atoms with Crippen LogP contribution >= 0.6 is 27.5 Å². The van der Waals surface area contributed by atoms with Crippen molar-refractivity contribution in [3.05, 3.63) is 21.8 Å². The third-order valence-corrected chi connectivity index (χ3v) is 4.30. The lowest BCUT2D eigenvalue weighted by Crippen LogP contribution is -2.30. The molecule has 0 saturated heterocycles. The first-order chi connectivity index (χ1) is 9.65. The molecular weight excluding hydrogens is 342 g/mol. The van der Waals surface area contributed by atoms with Gasteiger partial charge in [0, 0.05) is 25.4 Å². The standard InChI is InChI=1S/C14H21BrClN3O/c15-13-8-10(16)9-19-14(13)18-6-1-7-20-12-4-2-11(17)3-5-12/h8-9,11-12H,1-7,17H2,(H,18,19). The van der Waals surface area contributed by atoms with Gasteiger partial charge in [-0.3, -0.25) is 0 Å². The molecule has 0 radical (unpaired) electrons. The van der Waals surface area contributed by atoms with Gasteiger partial charge in [0.05, 0.1) is 15.6 Å². The Balaban J connectivity index is 1.59. The lowest BCUT2D eigenvalue weighted by Gasteiger charge is -2.26. The third kappa shape index (κ3) is 5.20. The van der Waals surface area contributed by atoms with Gasteiger partial charge in [-0.15, -0.1) is 0 Å². The number of ether oxygens (including phenoxy) is 1. The first-order valence-corrected chi connectivity index (χ1v) is 8.24. The number of halogens is 2. The molecule has 0 bridgehead atoms. The lowest BCUT2D eigenvalue weighted by atomic mass is 9.94. The number of hydrogen-bond donors (Lipinski definition) is 2. The van der Waals surface area contributed by atoms with E-state index in [1.54, 1.807) is 6.20 Å². The molecule has 0 amide bonds. The van der Waals surface area contributed by atoms with Gasteiger partial charge in [0.2, 0.25) is 0 Å². The Morgan fingerprint density at radius 2 is 2.15 bits per heavy atom. The van der Waals surface area contributed by atoms with Crippen LogP contribution in [-0.2, 0) is 4.74 Å². The fraction of sp³-hybridized carbons (Fsp3) is 0.643. The van der Waals surface area contributed by atoms with Crippen LogP contribution in [0.4, 0.5) is 5.82 Å². The molecular formula is C14H21BrClN3O. The van der Waals surface area contributed by atoms with E-state index in [9.17, 15) is 0 Å². The van der Waals surface area contributed by atoms with Crippen LogP contribution in [0.1, 0.15) is 32.1 Å². The number of nitrogens with zero attached hydrogens (tertiary/aromatic N) is 1. The summed E-state index contributed by atoms with van der Waals surface area (Å²) in [5.74, 6) is 0.818. The van der Waals surface area contributed by atoms with Crippen LogP contribution in [-0.4, -0.2) is 30.3 Å². The molecule has 1 aromatic heterocycles. The molecule has 20 heavy (non-hydrogen) atoms. The Labute approximate surface area is 133 Å². The number of nitrogens with two attached hydrogens (primary N) is 1. The zero-order valence-corrected chi connectivity index (χ0v) is 13.8. The monoisotopic (exact) mass is 361 g/mol. The number of hydrogen-bond acceptors (Lipinski definition) is 4. The Bertz CT molecular complexity index is 425. The summed E-state index contributed by atoms with van der Waals surface area (Å²) in [6, 6.07) is 2.21. The number of rotatable bonds is 6. The van der Waals surface area contributed by atoms with Crippen molar-refractivity contribution in [3.63, 3.8) is 0 Å². The molecule has 1 aromatic rings. The van der Waals surface area contributed by atoms with Crippen molar-refractivity contribution < 1.29 is 4.74 Å². The highest BCUT2D eigenvalue weighted by molar-refractivity contribution is 9.10. The molecule has 0 unspecified atom stereocenters. The SMILES string of the molecule is NC1CCC(OCCCNc2ncc(Cl)cc2Br)CC1. The normalized spacial score (nSPS) is 22.8. The van der Waals surface area contributed by atoms with E-state index in [1.165, 1.54) is 0 Å². The van der Waals surface area contributed by atoms with E-state index in [0.29, 0.717) is 17.2 Å². The fourth-order valence-corrected chi connectivity index (χ4v) is 3.11. The minimum atomic E-state index is 0.379. The quantitative estimate of drug-likeness (QED) is 0.759. The minimum absolute atomic E-state index is 0.379. The van der Waals surface area contributed by atoms with E-state index < -0.39 is 0 Å². The molecule has 1 heterocycles. The summed E-state index contributed by atoms with van der Waals surface area (Å²) in [7, 11) is 0. The molecule has 6 heteroatoms. The summed E-state index contributed by atoms with van der Waals surface area (Å²) in [6.45, 7) is 1.61. The van der Waals surface area contributed by atoms with Crippen LogP contribution in [0.5, 0.6) is 0 Å². The maximum Gasteiger partial charge on any atom is 0.140 e. The van der Waals surface area contributed by atoms with Crippen molar-refractivity contribution in [1.82, 2.24) is 4.98 Å². The zero-order valence-electron chi connectivity index (χ0n) is 11.4. The van der Waals surface area contributed by atoms with Gasteiger partial charge in [-0.2, -0.15) is 0 Å². The molecule has 112 valence electrons. The molecule has 0 spiro atoms. The maximum absolute atomic E-state index is 5.88. The number of pyridine rings is 1. The highest BCUT2D eigenvalue weighted by Gasteiger charge is 2.18. The Kier molecular flexibility index (Phi) is 6.55. The molecule has 1 fully saturated rings. The molecule has 3 N–H and O–H groups in total. The van der Waals surface area contributed by atoms with Gasteiger partial charge in [-0.1, -0.05) is 11.6 Å². The molecule has 0 atom stereocenters. The van der Waals surface area contributed by atoms with E-state index in [2.05, 4.69) is 26.2 Å². The molecule has 2 rings (SSSR count). The minimum Gasteiger partial charge on any atom is -0.378 e. The number of nitrogens with one attached hydrogen (secondary N) is 1. The van der Waals surface area contributed by atoms with Gasteiger partial charge >= 0.3 is 0 Å². The summed E-state index contributed by atoms with van der Waals surface area (Å²) < 4.78 is 6.75. The highest BCUT2D eigenvalue weighted by Crippen LogP contribution is 2.23. The molecule has 0 aromatic carbocycles. The van der Waals surface area contributed by atoms with Crippen molar-refractivity contribution in [2.45, 2.75) is 44.2 Å². The molecule has 1 aliphatic carbocycles. The van der Waals surface area contributed by atoms with Gasteiger partial charge in [0.1, 0.15) is 5.82 Å². The lowest BCUT2D eigenvalue weighted by molar-refractivity contribution is 0.0251. The van der Waals surface area contributed by atoms with Crippen molar-refractivity contribution >= 4 is 33.3 Å². The largest absolute Gasteiger partial charge is 0.378 e. The predicted octanol–water partition coefficient (Wildman–Crippen LogP) is 3.59. The van der Waals surface area contributed by atoms with Crippen molar-refractivity contribution in [1.29, 1.82) is 0 Å². The molecule has 1 saturated carbocycles. The number of aromatic nitrogens is 1. The van der Waals surface area contributed by atoms with E-state index in [4.69, 9.17) is 22.1 Å². The average Bonchev–Trinajstić information content (AvgIpc) is 2.42. The van der Waals surface area contributed by atoms with Crippen molar-refractivity contribution in [3.8, 4) is 0 Å². The molecule has 0 aliphatic heterocycles. The summed E-state index contributed by atoms with van der Waals surface area (Å²) in [5.41, 5.74) is 5.88. The Morgan fingerprint density at radius 1 is 1.40 bits per heavy atom. The highest BCUT2D eigenvalue weighted by atomic mass is 79.9.